The number of hydrazine groups is 1. The second-order valence-electron chi connectivity index (χ2n) is 5.50. The van der Waals surface area contributed by atoms with Gasteiger partial charge in [0, 0.05) is 6.20 Å². The third-order valence-corrected chi connectivity index (χ3v) is 3.54. The fourth-order valence-electron chi connectivity index (χ4n) is 1.99. The molecule has 0 aliphatic heterocycles. The van der Waals surface area contributed by atoms with Crippen LogP contribution in [0.15, 0.2) is 53.5 Å². The molecule has 28 heavy (non-hydrogen) atoms. The van der Waals surface area contributed by atoms with E-state index in [1.54, 1.807) is 32.2 Å². The first kappa shape index (κ1) is 22.4. The molecular formula is C18H23N5O5. The number of amides is 2. The number of nitrogens with one attached hydrogen (secondary N) is 4. The number of anilines is 2. The maximum Gasteiger partial charge on any atom is 0.290 e. The van der Waals surface area contributed by atoms with Crippen molar-refractivity contribution in [2.75, 3.05) is 17.8 Å². The monoisotopic (exact) mass is 389 g/mol. The summed E-state index contributed by atoms with van der Waals surface area (Å²) in [5.74, 6) is -0.717. The van der Waals surface area contributed by atoms with Crippen LogP contribution in [-0.2, 0) is 20.9 Å². The van der Waals surface area contributed by atoms with Gasteiger partial charge in [-0.15, -0.1) is 0 Å². The highest BCUT2D eigenvalue weighted by Gasteiger charge is 2.13. The number of benzene rings is 1. The Kier molecular flexibility index (Phi) is 9.48. The van der Waals surface area contributed by atoms with Crippen LogP contribution >= 0.6 is 0 Å². The summed E-state index contributed by atoms with van der Waals surface area (Å²) in [6.45, 7) is 1.25. The van der Waals surface area contributed by atoms with E-state index in [0.717, 1.165) is 5.69 Å². The van der Waals surface area contributed by atoms with Gasteiger partial charge in [-0.3, -0.25) is 30.0 Å². The Morgan fingerprint density at radius 1 is 1.18 bits per heavy atom. The van der Waals surface area contributed by atoms with Crippen molar-refractivity contribution in [1.82, 2.24) is 15.3 Å². The van der Waals surface area contributed by atoms with E-state index in [2.05, 4.69) is 21.5 Å². The van der Waals surface area contributed by atoms with Crippen LogP contribution in [0.3, 0.4) is 0 Å². The molecule has 0 saturated heterocycles. The smallest absolute Gasteiger partial charge is 0.290 e. The van der Waals surface area contributed by atoms with E-state index in [-0.39, 0.29) is 24.6 Å². The van der Waals surface area contributed by atoms with E-state index < -0.39 is 17.5 Å². The number of para-hydroxylation sites is 1. The summed E-state index contributed by atoms with van der Waals surface area (Å²) in [6.07, 6.45) is 1.49. The van der Waals surface area contributed by atoms with Crippen molar-refractivity contribution in [2.24, 2.45) is 0 Å². The lowest BCUT2D eigenvalue weighted by atomic mass is 10.3. The quantitative estimate of drug-likeness (QED) is 0.337. The highest BCUT2D eigenvalue weighted by atomic mass is 16.3. The topological polar surface area (TPSA) is 142 Å². The first-order chi connectivity index (χ1) is 13.4. The third-order valence-electron chi connectivity index (χ3n) is 3.54. The molecule has 0 radical (unpaired) electrons. The summed E-state index contributed by atoms with van der Waals surface area (Å²) in [5, 5.41) is 12.2. The van der Waals surface area contributed by atoms with E-state index >= 15 is 0 Å². The molecule has 1 atom stereocenters. The van der Waals surface area contributed by atoms with Crippen molar-refractivity contribution in [2.45, 2.75) is 19.5 Å². The SMILES string of the molecule is CN[C@@H](C)C(=O)Nc1cccn(CC(=O)NNc2ccccc2)c1=O.O=CO. The average Bonchev–Trinajstić information content (AvgIpc) is 2.70. The van der Waals surface area contributed by atoms with Crippen LogP contribution < -0.4 is 27.0 Å². The first-order valence-electron chi connectivity index (χ1n) is 8.28. The molecule has 0 bridgehead atoms. The second-order valence-corrected chi connectivity index (χ2v) is 5.50. The summed E-state index contributed by atoms with van der Waals surface area (Å²) in [5.41, 5.74) is 5.68. The van der Waals surface area contributed by atoms with Gasteiger partial charge in [0.1, 0.15) is 12.2 Å². The molecule has 10 nitrogen and oxygen atoms in total. The summed E-state index contributed by atoms with van der Waals surface area (Å²) >= 11 is 0. The summed E-state index contributed by atoms with van der Waals surface area (Å²) < 4.78 is 1.22. The third kappa shape index (κ3) is 7.30. The highest BCUT2D eigenvalue weighted by molar-refractivity contribution is 5.94. The normalized spacial score (nSPS) is 10.6. The summed E-state index contributed by atoms with van der Waals surface area (Å²) in [4.78, 5) is 44.6. The van der Waals surface area contributed by atoms with Crippen molar-refractivity contribution >= 4 is 29.7 Å². The van der Waals surface area contributed by atoms with Gasteiger partial charge in [-0.1, -0.05) is 18.2 Å². The zero-order chi connectivity index (χ0) is 20.9. The first-order valence-corrected chi connectivity index (χ1v) is 8.28. The van der Waals surface area contributed by atoms with Crippen LogP contribution in [0.1, 0.15) is 6.92 Å². The second kappa shape index (κ2) is 11.9. The molecule has 5 N–H and O–H groups in total. The molecule has 2 rings (SSSR count). The van der Waals surface area contributed by atoms with Crippen LogP contribution in [0.25, 0.3) is 0 Å². The van der Waals surface area contributed by atoms with Gasteiger partial charge in [0.15, 0.2) is 0 Å². The lowest BCUT2D eigenvalue weighted by molar-refractivity contribution is -0.123. The summed E-state index contributed by atoms with van der Waals surface area (Å²) in [6, 6.07) is 11.8. The number of pyridine rings is 1. The molecule has 0 fully saturated rings. The lowest BCUT2D eigenvalue weighted by Crippen LogP contribution is -2.39. The van der Waals surface area contributed by atoms with Gasteiger partial charge in [-0.2, -0.15) is 0 Å². The van der Waals surface area contributed by atoms with Crippen LogP contribution in [0.4, 0.5) is 11.4 Å². The van der Waals surface area contributed by atoms with Gasteiger partial charge in [0.2, 0.25) is 5.91 Å². The molecule has 2 aromatic rings. The van der Waals surface area contributed by atoms with Crippen molar-refractivity contribution < 1.29 is 19.5 Å². The Hall–Kier alpha value is -3.66. The number of hydrogen-bond donors (Lipinski definition) is 5. The standard InChI is InChI=1S/C17H21N5O3.CH2O2/c1-12(18-2)16(24)19-14-9-6-10-22(17(14)25)11-15(23)21-20-13-7-4-3-5-8-13;2-1-3/h3-10,12,18,20H,11H2,1-2H3,(H,19,24)(H,21,23);1H,(H,2,3)/t12-;/m0./s1. The van der Waals surface area contributed by atoms with Crippen molar-refractivity contribution in [1.29, 1.82) is 0 Å². The molecule has 0 aliphatic rings. The Labute approximate surface area is 161 Å². The summed E-state index contributed by atoms with van der Waals surface area (Å²) in [7, 11) is 1.65. The van der Waals surface area contributed by atoms with Crippen LogP contribution in [0, 0.1) is 0 Å². The van der Waals surface area contributed by atoms with Gasteiger partial charge in [0.05, 0.1) is 11.7 Å². The molecule has 150 valence electrons. The number of nitrogens with zero attached hydrogens (tertiary/aromatic N) is 1. The predicted octanol–water partition coefficient (Wildman–Crippen LogP) is 0.239. The lowest BCUT2D eigenvalue weighted by Gasteiger charge is -2.13. The van der Waals surface area contributed by atoms with Gasteiger partial charge in [-0.25, -0.2) is 0 Å². The zero-order valence-electron chi connectivity index (χ0n) is 15.5. The van der Waals surface area contributed by atoms with Crippen LogP contribution in [0.2, 0.25) is 0 Å². The molecule has 1 aromatic heterocycles. The van der Waals surface area contributed by atoms with Crippen molar-refractivity contribution in [3.8, 4) is 0 Å². The molecule has 10 heteroatoms. The van der Waals surface area contributed by atoms with Gasteiger partial charge < -0.3 is 20.3 Å². The Morgan fingerprint density at radius 3 is 2.43 bits per heavy atom. The van der Waals surface area contributed by atoms with E-state index in [0.29, 0.717) is 0 Å². The average molecular weight is 389 g/mol. The van der Waals surface area contributed by atoms with E-state index in [1.807, 2.05) is 18.2 Å². The van der Waals surface area contributed by atoms with Crippen molar-refractivity contribution in [3.63, 3.8) is 0 Å². The molecule has 1 aromatic carbocycles. The van der Waals surface area contributed by atoms with Gasteiger partial charge in [-0.05, 0) is 38.2 Å². The largest absolute Gasteiger partial charge is 0.483 e. The predicted molar refractivity (Wildman–Crippen MR) is 105 cm³/mol. The Morgan fingerprint density at radius 2 is 1.82 bits per heavy atom. The van der Waals surface area contributed by atoms with Crippen LogP contribution in [0.5, 0.6) is 0 Å². The van der Waals surface area contributed by atoms with Crippen molar-refractivity contribution in [3.05, 3.63) is 59.0 Å². The van der Waals surface area contributed by atoms with E-state index in [1.165, 1.54) is 16.8 Å². The minimum atomic E-state index is -0.450. The van der Waals surface area contributed by atoms with E-state index in [9.17, 15) is 14.4 Å². The van der Waals surface area contributed by atoms with Gasteiger partial charge in [0.25, 0.3) is 17.9 Å². The fourth-order valence-corrected chi connectivity index (χ4v) is 1.99. The number of aromatic nitrogens is 1. The zero-order valence-corrected chi connectivity index (χ0v) is 15.5. The number of hydrogen-bond acceptors (Lipinski definition) is 6. The maximum atomic E-state index is 12.4. The Balaban J connectivity index is 0.00000122. The number of likely N-dealkylation sites (N-methyl/N-ethyl adjacent to an activating group) is 1. The molecule has 0 saturated carbocycles. The highest BCUT2D eigenvalue weighted by Crippen LogP contribution is 2.03. The molecule has 0 spiro atoms. The number of carbonyl (C=O) groups is 3. The minimum absolute atomic E-state index is 0.124. The molecule has 0 unspecified atom stereocenters. The minimum Gasteiger partial charge on any atom is -0.483 e. The molecular weight excluding hydrogens is 366 g/mol. The molecule has 1 heterocycles. The van der Waals surface area contributed by atoms with Crippen LogP contribution in [-0.4, -0.2) is 41.0 Å². The van der Waals surface area contributed by atoms with Gasteiger partial charge >= 0.3 is 0 Å². The Bertz CT molecular complexity index is 838. The number of rotatable bonds is 7. The molecule has 2 amide bonds. The maximum absolute atomic E-state index is 12.4. The molecule has 0 aliphatic carbocycles. The number of carbonyl (C=O) groups excluding carboxylic acids is 2. The number of carboxylic acid groups (broad SMARTS) is 1. The van der Waals surface area contributed by atoms with E-state index in [4.69, 9.17) is 9.90 Å². The fraction of sp³-hybridized carbons (Fsp3) is 0.222.